The number of hydrogen-bond donors (Lipinski definition) is 2. The number of rotatable bonds is 4. The number of fused-ring (bicyclic) bond motifs is 1. The molecule has 1 heterocycles. The number of carbonyl (C=O) groups excluding carboxylic acids is 1. The van der Waals surface area contributed by atoms with Crippen molar-refractivity contribution in [2.45, 2.75) is 44.1 Å². The number of nitrogens with one attached hydrogen (secondary N) is 2. The number of hydroxylamine groups is 1. The molecule has 0 bridgehead atoms. The van der Waals surface area contributed by atoms with E-state index in [-0.39, 0.29) is 17.9 Å². The van der Waals surface area contributed by atoms with Gasteiger partial charge in [-0.15, -0.1) is 0 Å². The number of para-hydroxylation sites is 1. The average molecular weight is 260 g/mol. The van der Waals surface area contributed by atoms with Crippen molar-refractivity contribution in [2.75, 3.05) is 11.9 Å². The fourth-order valence-corrected chi connectivity index (χ4v) is 2.96. The van der Waals surface area contributed by atoms with Crippen LogP contribution in [0.1, 0.15) is 43.6 Å². The van der Waals surface area contributed by atoms with Gasteiger partial charge in [0.1, 0.15) is 0 Å². The first-order valence-corrected chi connectivity index (χ1v) is 7.10. The molecule has 2 N–H and O–H groups in total. The average Bonchev–Trinajstić information content (AvgIpc) is 3.07. The molecule has 3 rings (SSSR count). The second-order valence-electron chi connectivity index (χ2n) is 5.42. The first kappa shape index (κ1) is 12.5. The fraction of sp³-hybridized carbons (Fsp3) is 0.533. The maximum atomic E-state index is 11.9. The van der Waals surface area contributed by atoms with E-state index in [2.05, 4.69) is 22.9 Å². The molecule has 102 valence electrons. The van der Waals surface area contributed by atoms with E-state index in [4.69, 9.17) is 4.84 Å². The third kappa shape index (κ3) is 2.89. The lowest BCUT2D eigenvalue weighted by Crippen LogP contribution is -2.29. The van der Waals surface area contributed by atoms with E-state index in [0.29, 0.717) is 6.42 Å². The lowest BCUT2D eigenvalue weighted by molar-refractivity contribution is -0.138. The highest BCUT2D eigenvalue weighted by molar-refractivity contribution is 5.77. The molecule has 4 heteroatoms. The second-order valence-corrected chi connectivity index (χ2v) is 5.42. The molecule has 0 aromatic heterocycles. The minimum atomic E-state index is -0.0181. The monoisotopic (exact) mass is 260 g/mol. The van der Waals surface area contributed by atoms with E-state index in [1.165, 1.54) is 18.4 Å². The van der Waals surface area contributed by atoms with Crippen LogP contribution in [0.25, 0.3) is 0 Å². The van der Waals surface area contributed by atoms with Gasteiger partial charge in [-0.1, -0.05) is 31.0 Å². The highest BCUT2D eigenvalue weighted by Crippen LogP contribution is 2.33. The van der Waals surface area contributed by atoms with Crippen molar-refractivity contribution in [1.29, 1.82) is 0 Å². The van der Waals surface area contributed by atoms with Crippen LogP contribution in [0.5, 0.6) is 0 Å². The lowest BCUT2D eigenvalue weighted by atomic mass is 9.98. The Morgan fingerprint density at radius 2 is 2.11 bits per heavy atom. The Balaban J connectivity index is 1.50. The van der Waals surface area contributed by atoms with Crippen molar-refractivity contribution >= 4 is 11.6 Å². The normalized spacial score (nSPS) is 22.0. The molecule has 2 aliphatic rings. The first-order valence-electron chi connectivity index (χ1n) is 7.10. The van der Waals surface area contributed by atoms with E-state index in [1.807, 2.05) is 12.1 Å². The van der Waals surface area contributed by atoms with E-state index >= 15 is 0 Å². The minimum Gasteiger partial charge on any atom is -0.384 e. The van der Waals surface area contributed by atoms with E-state index in [1.54, 1.807) is 0 Å². The molecular formula is C15H20N2O2. The topological polar surface area (TPSA) is 50.4 Å². The summed E-state index contributed by atoms with van der Waals surface area (Å²) in [5.41, 5.74) is 5.00. The quantitative estimate of drug-likeness (QED) is 0.818. The predicted molar refractivity (Wildman–Crippen MR) is 73.8 cm³/mol. The molecule has 1 amide bonds. The van der Waals surface area contributed by atoms with Gasteiger partial charge in [0, 0.05) is 24.6 Å². The molecule has 1 saturated carbocycles. The van der Waals surface area contributed by atoms with Gasteiger partial charge in [-0.05, 0) is 24.5 Å². The largest absolute Gasteiger partial charge is 0.384 e. The van der Waals surface area contributed by atoms with Gasteiger partial charge in [-0.2, -0.15) is 0 Å². The number of amides is 1. The van der Waals surface area contributed by atoms with Crippen molar-refractivity contribution < 1.29 is 9.63 Å². The lowest BCUT2D eigenvalue weighted by Gasteiger charge is -2.13. The van der Waals surface area contributed by atoms with Gasteiger partial charge in [0.2, 0.25) is 5.91 Å². The molecular weight excluding hydrogens is 240 g/mol. The van der Waals surface area contributed by atoms with Crippen molar-refractivity contribution in [3.05, 3.63) is 29.8 Å². The highest BCUT2D eigenvalue weighted by Gasteiger charge is 2.24. The van der Waals surface area contributed by atoms with Crippen LogP contribution in [-0.2, 0) is 9.63 Å². The molecule has 1 aliphatic heterocycles. The Morgan fingerprint density at radius 3 is 2.95 bits per heavy atom. The fourth-order valence-electron chi connectivity index (χ4n) is 2.96. The van der Waals surface area contributed by atoms with E-state index < -0.39 is 0 Å². The van der Waals surface area contributed by atoms with Gasteiger partial charge in [0.15, 0.2) is 0 Å². The maximum Gasteiger partial charge on any atom is 0.244 e. The Hall–Kier alpha value is -1.55. The summed E-state index contributed by atoms with van der Waals surface area (Å²) in [6.07, 6.45) is 5.25. The Labute approximate surface area is 113 Å². The predicted octanol–water partition coefficient (Wildman–Crippen LogP) is 2.58. The van der Waals surface area contributed by atoms with Gasteiger partial charge in [-0.3, -0.25) is 9.63 Å². The molecule has 1 atom stereocenters. The molecule has 4 nitrogen and oxygen atoms in total. The summed E-state index contributed by atoms with van der Waals surface area (Å²) >= 11 is 0. The van der Waals surface area contributed by atoms with Gasteiger partial charge < -0.3 is 5.32 Å². The first-order chi connectivity index (χ1) is 9.33. The summed E-state index contributed by atoms with van der Waals surface area (Å²) in [5, 5.41) is 3.33. The van der Waals surface area contributed by atoms with Crippen LogP contribution in [-0.4, -0.2) is 18.6 Å². The standard InChI is InChI=1S/C15H20N2O2/c18-15(17-19-12-5-1-2-6-12)9-11-10-16-14-8-4-3-7-13(11)14/h3-4,7-8,11-12,16H,1-2,5-6,9-10H2,(H,17,18). The Kier molecular flexibility index (Phi) is 3.69. The summed E-state index contributed by atoms with van der Waals surface area (Å²) in [6, 6.07) is 8.18. The number of anilines is 1. The third-order valence-electron chi connectivity index (χ3n) is 4.01. The number of benzene rings is 1. The van der Waals surface area contributed by atoms with Crippen LogP contribution in [0.3, 0.4) is 0 Å². The van der Waals surface area contributed by atoms with Crippen LogP contribution < -0.4 is 10.8 Å². The zero-order valence-electron chi connectivity index (χ0n) is 11.0. The van der Waals surface area contributed by atoms with Crippen LogP contribution in [0.2, 0.25) is 0 Å². The maximum absolute atomic E-state index is 11.9. The second kappa shape index (κ2) is 5.61. The van der Waals surface area contributed by atoms with Crippen LogP contribution in [0, 0.1) is 0 Å². The summed E-state index contributed by atoms with van der Waals surface area (Å²) in [6.45, 7) is 0.830. The number of carbonyl (C=O) groups is 1. The molecule has 1 aromatic carbocycles. The molecule has 0 spiro atoms. The third-order valence-corrected chi connectivity index (χ3v) is 4.01. The highest BCUT2D eigenvalue weighted by atomic mass is 16.7. The molecule has 1 fully saturated rings. The Bertz CT molecular complexity index is 455. The SMILES string of the molecule is O=C(CC1CNc2ccccc21)NOC1CCCC1. The Morgan fingerprint density at radius 1 is 1.32 bits per heavy atom. The van der Waals surface area contributed by atoms with Crippen molar-refractivity contribution in [3.63, 3.8) is 0 Å². The van der Waals surface area contributed by atoms with E-state index in [0.717, 1.165) is 25.1 Å². The summed E-state index contributed by atoms with van der Waals surface area (Å²) in [4.78, 5) is 17.3. The van der Waals surface area contributed by atoms with Gasteiger partial charge in [-0.25, -0.2) is 5.48 Å². The minimum absolute atomic E-state index is 0.0181. The zero-order valence-corrected chi connectivity index (χ0v) is 11.0. The van der Waals surface area contributed by atoms with Gasteiger partial charge in [0.25, 0.3) is 0 Å². The number of hydrogen-bond acceptors (Lipinski definition) is 3. The summed E-state index contributed by atoms with van der Waals surface area (Å²) < 4.78 is 0. The summed E-state index contributed by atoms with van der Waals surface area (Å²) in [7, 11) is 0. The molecule has 1 aliphatic carbocycles. The molecule has 19 heavy (non-hydrogen) atoms. The van der Waals surface area contributed by atoms with Crippen molar-refractivity contribution in [2.24, 2.45) is 0 Å². The van der Waals surface area contributed by atoms with Gasteiger partial charge >= 0.3 is 0 Å². The van der Waals surface area contributed by atoms with Crippen LogP contribution in [0.4, 0.5) is 5.69 Å². The molecule has 0 saturated heterocycles. The summed E-state index contributed by atoms with van der Waals surface area (Å²) in [5.74, 6) is 0.235. The van der Waals surface area contributed by atoms with Crippen molar-refractivity contribution in [1.82, 2.24) is 5.48 Å². The molecule has 0 radical (unpaired) electrons. The van der Waals surface area contributed by atoms with Crippen molar-refractivity contribution in [3.8, 4) is 0 Å². The van der Waals surface area contributed by atoms with E-state index in [9.17, 15) is 4.79 Å². The van der Waals surface area contributed by atoms with Gasteiger partial charge in [0.05, 0.1) is 6.10 Å². The zero-order chi connectivity index (χ0) is 13.1. The smallest absolute Gasteiger partial charge is 0.244 e. The molecule has 1 aromatic rings. The van der Waals surface area contributed by atoms with Crippen LogP contribution >= 0.6 is 0 Å². The van der Waals surface area contributed by atoms with Crippen LogP contribution in [0.15, 0.2) is 24.3 Å². The molecule has 1 unspecified atom stereocenters.